The third-order valence-corrected chi connectivity index (χ3v) is 4.95. The molecule has 3 nitrogen and oxygen atoms in total. The molecule has 0 saturated heterocycles. The van der Waals surface area contributed by atoms with E-state index in [2.05, 4.69) is 28.9 Å². The van der Waals surface area contributed by atoms with Crippen LogP contribution in [0.5, 0.6) is 0 Å². The fraction of sp³-hybridized carbons (Fsp3) is 0.615. The number of anilines is 1. The normalized spacial score (nSPS) is 17.4. The highest BCUT2D eigenvalue weighted by Gasteiger charge is 2.40. The second-order valence-corrected chi connectivity index (χ2v) is 6.57. The third-order valence-electron chi connectivity index (χ3n) is 3.99. The van der Waals surface area contributed by atoms with Crippen LogP contribution in [0.1, 0.15) is 19.3 Å². The average molecular weight is 323 g/mol. The molecule has 1 aromatic heterocycles. The highest BCUT2D eigenvalue weighted by molar-refractivity contribution is 6.42. The van der Waals surface area contributed by atoms with Gasteiger partial charge in [-0.15, -0.1) is 0 Å². The molecule has 1 aromatic rings. The Hall–Kier alpha value is -0.220. The summed E-state index contributed by atoms with van der Waals surface area (Å²) in [4.78, 5) is 8.63. The second kappa shape index (κ2) is 5.65. The van der Waals surface area contributed by atoms with Crippen LogP contribution in [0.3, 0.4) is 0 Å². The first-order chi connectivity index (χ1) is 8.85. The van der Waals surface area contributed by atoms with Crippen molar-refractivity contribution in [3.05, 3.63) is 21.3 Å². The minimum absolute atomic E-state index is 0.214. The van der Waals surface area contributed by atoms with E-state index in [0.717, 1.165) is 6.54 Å². The Balaban J connectivity index is 2.20. The van der Waals surface area contributed by atoms with Gasteiger partial charge in [0.15, 0.2) is 0 Å². The molecule has 2 rings (SSSR count). The molecule has 6 heteroatoms. The van der Waals surface area contributed by atoms with Crippen LogP contribution in [-0.2, 0) is 0 Å². The standard InChI is InChI=1S/C13H18Cl3N3/c1-18(2)13(5-4-6-13)8-19(3)12-10(15)7-9(14)11(16)17-12/h7H,4-6,8H2,1-3H3. The quantitative estimate of drug-likeness (QED) is 0.782. The molecule has 1 aliphatic carbocycles. The van der Waals surface area contributed by atoms with E-state index in [9.17, 15) is 0 Å². The van der Waals surface area contributed by atoms with E-state index >= 15 is 0 Å². The highest BCUT2D eigenvalue weighted by atomic mass is 35.5. The van der Waals surface area contributed by atoms with Gasteiger partial charge in [0, 0.05) is 19.1 Å². The SMILES string of the molecule is CN(CC1(N(C)C)CCC1)c1nc(Cl)c(Cl)cc1Cl. The Morgan fingerprint density at radius 3 is 2.26 bits per heavy atom. The van der Waals surface area contributed by atoms with Crippen LogP contribution in [0.15, 0.2) is 6.07 Å². The molecular formula is C13H18Cl3N3. The lowest BCUT2D eigenvalue weighted by Crippen LogP contribution is -2.56. The molecule has 0 spiro atoms. The summed E-state index contributed by atoms with van der Waals surface area (Å²) >= 11 is 18.1. The summed E-state index contributed by atoms with van der Waals surface area (Å²) in [5.74, 6) is 0.684. The first-order valence-corrected chi connectivity index (χ1v) is 7.39. The van der Waals surface area contributed by atoms with Gasteiger partial charge in [0.2, 0.25) is 0 Å². The lowest BCUT2D eigenvalue weighted by atomic mass is 9.75. The molecule has 0 bridgehead atoms. The number of hydrogen-bond acceptors (Lipinski definition) is 3. The number of aromatic nitrogens is 1. The van der Waals surface area contributed by atoms with Crippen molar-refractivity contribution in [1.29, 1.82) is 0 Å². The first kappa shape index (κ1) is 15.2. The average Bonchev–Trinajstić information content (AvgIpc) is 2.27. The topological polar surface area (TPSA) is 19.4 Å². The third kappa shape index (κ3) is 2.94. The fourth-order valence-corrected chi connectivity index (χ4v) is 3.19. The van der Waals surface area contributed by atoms with Crippen LogP contribution in [-0.4, -0.2) is 43.1 Å². The maximum Gasteiger partial charge on any atom is 0.150 e. The van der Waals surface area contributed by atoms with Gasteiger partial charge in [-0.1, -0.05) is 34.8 Å². The van der Waals surface area contributed by atoms with Gasteiger partial charge in [-0.25, -0.2) is 4.98 Å². The fourth-order valence-electron chi connectivity index (χ4n) is 2.55. The van der Waals surface area contributed by atoms with E-state index in [1.165, 1.54) is 19.3 Å². The van der Waals surface area contributed by atoms with Crippen molar-refractivity contribution in [2.24, 2.45) is 0 Å². The Morgan fingerprint density at radius 2 is 1.79 bits per heavy atom. The largest absolute Gasteiger partial charge is 0.357 e. The lowest BCUT2D eigenvalue weighted by Gasteiger charge is -2.49. The van der Waals surface area contributed by atoms with Crippen LogP contribution in [0.4, 0.5) is 5.82 Å². The summed E-state index contributed by atoms with van der Waals surface area (Å²) in [6.07, 6.45) is 3.67. The van der Waals surface area contributed by atoms with Crippen LogP contribution in [0, 0.1) is 0 Å². The Bertz CT molecular complexity index is 472. The zero-order chi connectivity index (χ0) is 14.2. The molecule has 0 amide bonds. The molecule has 0 atom stereocenters. The van der Waals surface area contributed by atoms with Gasteiger partial charge in [-0.3, -0.25) is 0 Å². The highest BCUT2D eigenvalue weighted by Crippen LogP contribution is 2.38. The number of nitrogens with zero attached hydrogens (tertiary/aromatic N) is 3. The Labute approximate surface area is 129 Å². The van der Waals surface area contributed by atoms with Gasteiger partial charge in [-0.05, 0) is 39.4 Å². The van der Waals surface area contributed by atoms with E-state index in [-0.39, 0.29) is 5.54 Å². The minimum Gasteiger partial charge on any atom is -0.357 e. The van der Waals surface area contributed by atoms with Gasteiger partial charge in [0.1, 0.15) is 11.0 Å². The lowest BCUT2D eigenvalue weighted by molar-refractivity contribution is 0.0682. The van der Waals surface area contributed by atoms with Crippen LogP contribution in [0.2, 0.25) is 15.2 Å². The summed E-state index contributed by atoms with van der Waals surface area (Å²) in [6, 6.07) is 1.65. The second-order valence-electron chi connectivity index (χ2n) is 5.39. The summed E-state index contributed by atoms with van der Waals surface area (Å²) in [5, 5.41) is 1.21. The van der Waals surface area contributed by atoms with E-state index in [0.29, 0.717) is 21.0 Å². The van der Waals surface area contributed by atoms with Crippen LogP contribution < -0.4 is 4.90 Å². The molecule has 106 valence electrons. The molecular weight excluding hydrogens is 305 g/mol. The Kier molecular flexibility index (Phi) is 4.51. The zero-order valence-electron chi connectivity index (χ0n) is 11.4. The van der Waals surface area contributed by atoms with Gasteiger partial charge in [0.05, 0.1) is 10.0 Å². The molecule has 1 fully saturated rings. The molecule has 1 saturated carbocycles. The molecule has 1 heterocycles. The number of halogens is 3. The molecule has 0 aromatic carbocycles. The maximum atomic E-state index is 6.21. The van der Waals surface area contributed by atoms with Crippen molar-refractivity contribution in [3.8, 4) is 0 Å². The smallest absolute Gasteiger partial charge is 0.150 e. The predicted molar refractivity (Wildman–Crippen MR) is 82.8 cm³/mol. The molecule has 0 N–H and O–H groups in total. The first-order valence-electron chi connectivity index (χ1n) is 6.26. The van der Waals surface area contributed by atoms with Gasteiger partial charge < -0.3 is 9.80 Å². The molecule has 19 heavy (non-hydrogen) atoms. The number of rotatable bonds is 4. The summed E-state index contributed by atoms with van der Waals surface area (Å²) in [6.45, 7) is 0.880. The van der Waals surface area contributed by atoms with Crippen molar-refractivity contribution in [2.75, 3.05) is 32.6 Å². The zero-order valence-corrected chi connectivity index (χ0v) is 13.6. The predicted octanol–water partition coefficient (Wildman–Crippen LogP) is 3.96. The van der Waals surface area contributed by atoms with Gasteiger partial charge in [-0.2, -0.15) is 0 Å². The monoisotopic (exact) mass is 321 g/mol. The van der Waals surface area contributed by atoms with E-state index in [1.54, 1.807) is 6.07 Å². The van der Waals surface area contributed by atoms with Crippen molar-refractivity contribution in [3.63, 3.8) is 0 Å². The van der Waals surface area contributed by atoms with Crippen molar-refractivity contribution in [1.82, 2.24) is 9.88 Å². The van der Waals surface area contributed by atoms with Gasteiger partial charge >= 0.3 is 0 Å². The molecule has 0 aliphatic heterocycles. The van der Waals surface area contributed by atoms with Crippen molar-refractivity contribution < 1.29 is 0 Å². The van der Waals surface area contributed by atoms with E-state index in [4.69, 9.17) is 34.8 Å². The van der Waals surface area contributed by atoms with Crippen LogP contribution in [0.25, 0.3) is 0 Å². The molecule has 1 aliphatic rings. The summed E-state index contributed by atoms with van der Waals surface area (Å²) < 4.78 is 0. The number of likely N-dealkylation sites (N-methyl/N-ethyl adjacent to an activating group) is 2. The molecule has 0 radical (unpaired) electrons. The Morgan fingerprint density at radius 1 is 1.16 bits per heavy atom. The number of hydrogen-bond donors (Lipinski definition) is 0. The van der Waals surface area contributed by atoms with Gasteiger partial charge in [0.25, 0.3) is 0 Å². The van der Waals surface area contributed by atoms with E-state index in [1.807, 2.05) is 7.05 Å². The van der Waals surface area contributed by atoms with E-state index < -0.39 is 0 Å². The van der Waals surface area contributed by atoms with Crippen molar-refractivity contribution in [2.45, 2.75) is 24.8 Å². The number of pyridine rings is 1. The van der Waals surface area contributed by atoms with Crippen molar-refractivity contribution >= 4 is 40.6 Å². The minimum atomic E-state index is 0.214. The summed E-state index contributed by atoms with van der Waals surface area (Å²) in [5.41, 5.74) is 0.214. The molecule has 0 unspecified atom stereocenters. The summed E-state index contributed by atoms with van der Waals surface area (Å²) in [7, 11) is 6.23. The van der Waals surface area contributed by atoms with Crippen LogP contribution >= 0.6 is 34.8 Å². The maximum absolute atomic E-state index is 6.21.